The second kappa shape index (κ2) is 9.90. The normalized spacial score (nSPS) is 20.1. The van der Waals surface area contributed by atoms with Gasteiger partial charge in [-0.25, -0.2) is 22.5 Å². The lowest BCUT2D eigenvalue weighted by molar-refractivity contribution is -0.0465. The molecule has 1 saturated carbocycles. The minimum Gasteiger partial charge on any atom is -0.460 e. The van der Waals surface area contributed by atoms with Crippen LogP contribution in [0.2, 0.25) is 0 Å². The SMILES string of the molecule is O=C1c2c(OCOP(=O)(O)O)c(=O)cc(-c3cc(F)c(F)c4c3Cc3ccccc3SC4)n2NC2COCC3(CC3)N12. The van der Waals surface area contributed by atoms with Crippen LogP contribution < -0.4 is 15.6 Å². The van der Waals surface area contributed by atoms with Crippen molar-refractivity contribution in [2.24, 2.45) is 0 Å². The number of nitrogens with one attached hydrogen (secondary N) is 1. The Bertz CT molecular complexity index is 1760. The van der Waals surface area contributed by atoms with Gasteiger partial charge in [-0.15, -0.1) is 11.8 Å². The van der Waals surface area contributed by atoms with E-state index < -0.39 is 55.0 Å². The van der Waals surface area contributed by atoms with Crippen LogP contribution in [0.25, 0.3) is 11.3 Å². The van der Waals surface area contributed by atoms with Crippen molar-refractivity contribution in [3.8, 4) is 17.0 Å². The third kappa shape index (κ3) is 4.53. The number of benzene rings is 2. The summed E-state index contributed by atoms with van der Waals surface area (Å²) in [4.78, 5) is 48.3. The van der Waals surface area contributed by atoms with Crippen LogP contribution in [0.3, 0.4) is 0 Å². The molecule has 15 heteroatoms. The molecule has 0 bridgehead atoms. The van der Waals surface area contributed by atoms with Crippen molar-refractivity contribution in [2.75, 3.05) is 25.4 Å². The molecule has 3 aliphatic heterocycles. The topological polar surface area (TPSA) is 140 Å². The maximum Gasteiger partial charge on any atom is 0.472 e. The Morgan fingerprint density at radius 1 is 1.17 bits per heavy atom. The molecule has 4 aliphatic rings. The number of amides is 1. The molecule has 1 saturated heterocycles. The molecule has 7 rings (SSSR count). The first-order valence-electron chi connectivity index (χ1n) is 13.1. The Kier molecular flexibility index (Phi) is 6.50. The first kappa shape index (κ1) is 27.6. The van der Waals surface area contributed by atoms with Gasteiger partial charge in [0.25, 0.3) is 5.91 Å². The smallest absolute Gasteiger partial charge is 0.460 e. The molecule has 1 unspecified atom stereocenters. The van der Waals surface area contributed by atoms with E-state index in [-0.39, 0.29) is 41.3 Å². The van der Waals surface area contributed by atoms with E-state index >= 15 is 8.78 Å². The molecule has 1 aliphatic carbocycles. The number of thioether (sulfide) groups is 1. The van der Waals surface area contributed by atoms with Crippen LogP contribution in [0, 0.1) is 11.6 Å². The minimum atomic E-state index is -4.95. The molecule has 2 fully saturated rings. The van der Waals surface area contributed by atoms with E-state index in [1.807, 2.05) is 24.3 Å². The highest BCUT2D eigenvalue weighted by Gasteiger charge is 2.58. The lowest BCUT2D eigenvalue weighted by atomic mass is 9.92. The Hall–Kier alpha value is -3.26. The zero-order valence-corrected chi connectivity index (χ0v) is 23.6. The first-order valence-corrected chi connectivity index (χ1v) is 15.6. The van der Waals surface area contributed by atoms with Crippen molar-refractivity contribution in [3.63, 3.8) is 0 Å². The van der Waals surface area contributed by atoms with Crippen molar-refractivity contribution >= 4 is 25.5 Å². The molecule has 1 amide bonds. The van der Waals surface area contributed by atoms with Crippen LogP contribution >= 0.6 is 19.6 Å². The maximum absolute atomic E-state index is 15.2. The summed E-state index contributed by atoms with van der Waals surface area (Å²) in [6.07, 6.45) is 0.985. The van der Waals surface area contributed by atoms with Gasteiger partial charge in [-0.05, 0) is 42.5 Å². The zero-order valence-electron chi connectivity index (χ0n) is 21.8. The lowest BCUT2D eigenvalue weighted by Gasteiger charge is -2.47. The third-order valence-electron chi connectivity index (χ3n) is 8.01. The molecule has 1 aromatic heterocycles. The Labute approximate surface area is 241 Å². The highest BCUT2D eigenvalue weighted by Crippen LogP contribution is 2.48. The number of phosphoric ester groups is 1. The van der Waals surface area contributed by atoms with E-state index in [2.05, 4.69) is 9.95 Å². The number of morpholine rings is 1. The zero-order chi connectivity index (χ0) is 29.4. The predicted octanol–water partition coefficient (Wildman–Crippen LogP) is 3.32. The van der Waals surface area contributed by atoms with Gasteiger partial charge in [0.15, 0.2) is 17.3 Å². The Morgan fingerprint density at radius 2 is 1.95 bits per heavy atom. The number of ether oxygens (including phenoxy) is 2. The van der Waals surface area contributed by atoms with Gasteiger partial charge in [-0.2, -0.15) is 0 Å². The van der Waals surface area contributed by atoms with Gasteiger partial charge in [-0.3, -0.25) is 9.59 Å². The standard InChI is InChI=1S/C27H24F2N3O8PS/c28-18-8-16(15-7-14-3-1-2-4-21(14)42-11-17(15)23(18)29)19-9-20(33)25(39-13-40-41(35,36)37)24-26(34)31-22(30-32(19)24)10-38-12-27(31)5-6-27/h1-4,8-9,22,30H,5-7,10-13H2,(H2,35,36,37). The summed E-state index contributed by atoms with van der Waals surface area (Å²) < 4.78 is 58.4. The van der Waals surface area contributed by atoms with Crippen molar-refractivity contribution in [1.29, 1.82) is 0 Å². The summed E-state index contributed by atoms with van der Waals surface area (Å²) in [5.74, 6) is -3.00. The molecule has 0 radical (unpaired) electrons. The minimum absolute atomic E-state index is 0.0983. The van der Waals surface area contributed by atoms with Crippen molar-refractivity contribution < 1.29 is 41.9 Å². The number of aromatic nitrogens is 1. The molecule has 220 valence electrons. The molecule has 11 nitrogen and oxygen atoms in total. The van der Waals surface area contributed by atoms with Gasteiger partial charge >= 0.3 is 7.82 Å². The average Bonchev–Trinajstić information content (AvgIpc) is 3.73. The summed E-state index contributed by atoms with van der Waals surface area (Å²) in [7, 11) is -4.95. The number of phosphoric acid groups is 1. The van der Waals surface area contributed by atoms with Crippen LogP contribution in [0.1, 0.15) is 40.0 Å². The molecule has 3 N–H and O–H groups in total. The first-order chi connectivity index (χ1) is 20.1. The molecular formula is C27H24F2N3O8PS. The van der Waals surface area contributed by atoms with Crippen LogP contribution in [-0.2, 0) is 26.0 Å². The number of pyridine rings is 1. The fourth-order valence-corrected chi connectivity index (χ4v) is 7.21. The van der Waals surface area contributed by atoms with E-state index in [4.69, 9.17) is 19.3 Å². The fraction of sp³-hybridized carbons (Fsp3) is 0.333. The Morgan fingerprint density at radius 3 is 2.71 bits per heavy atom. The van der Waals surface area contributed by atoms with Gasteiger partial charge in [0, 0.05) is 27.8 Å². The molecule has 1 spiro atoms. The summed E-state index contributed by atoms with van der Waals surface area (Å²) in [5, 5.41) is 0. The highest BCUT2D eigenvalue weighted by atomic mass is 32.2. The maximum atomic E-state index is 15.2. The number of carbonyl (C=O) groups excluding carboxylic acids is 1. The molecule has 42 heavy (non-hydrogen) atoms. The van der Waals surface area contributed by atoms with Crippen molar-refractivity contribution in [2.45, 2.75) is 41.6 Å². The summed E-state index contributed by atoms with van der Waals surface area (Å²) in [6.45, 7) is -0.562. The third-order valence-corrected chi connectivity index (χ3v) is 9.60. The van der Waals surface area contributed by atoms with Gasteiger partial charge < -0.3 is 29.6 Å². The number of rotatable bonds is 5. The van der Waals surface area contributed by atoms with Crippen molar-refractivity contribution in [1.82, 2.24) is 9.58 Å². The second-order valence-electron chi connectivity index (χ2n) is 10.6. The number of hydrogen-bond acceptors (Lipinski definition) is 8. The largest absolute Gasteiger partial charge is 0.472 e. The molecular weight excluding hydrogens is 595 g/mol. The predicted molar refractivity (Wildman–Crippen MR) is 146 cm³/mol. The van der Waals surface area contributed by atoms with Crippen LogP contribution in [-0.4, -0.2) is 57.0 Å². The number of nitrogens with zero attached hydrogens (tertiary/aromatic N) is 2. The van der Waals surface area contributed by atoms with E-state index in [1.54, 1.807) is 4.90 Å². The fourth-order valence-electron chi connectivity index (χ4n) is 5.92. The highest BCUT2D eigenvalue weighted by molar-refractivity contribution is 7.98. The number of fused-ring (bicyclic) bond motifs is 5. The second-order valence-corrected chi connectivity index (χ2v) is 12.9. The van der Waals surface area contributed by atoms with E-state index in [1.165, 1.54) is 16.4 Å². The van der Waals surface area contributed by atoms with E-state index in [0.717, 1.165) is 22.6 Å². The van der Waals surface area contributed by atoms with Crippen LogP contribution in [0.15, 0.2) is 46.1 Å². The van der Waals surface area contributed by atoms with Crippen LogP contribution in [0.5, 0.6) is 5.75 Å². The van der Waals surface area contributed by atoms with E-state index in [0.29, 0.717) is 25.0 Å². The summed E-state index contributed by atoms with van der Waals surface area (Å²) in [5.41, 5.74) is 3.41. The average molecular weight is 620 g/mol. The van der Waals surface area contributed by atoms with Gasteiger partial charge in [0.05, 0.1) is 24.4 Å². The van der Waals surface area contributed by atoms with Crippen LogP contribution in [0.4, 0.5) is 8.78 Å². The monoisotopic (exact) mass is 619 g/mol. The molecule has 3 aromatic rings. The number of carbonyl (C=O) groups is 1. The molecule has 1 atom stereocenters. The summed E-state index contributed by atoms with van der Waals surface area (Å²) in [6, 6.07) is 9.67. The van der Waals surface area contributed by atoms with Crippen molar-refractivity contribution in [3.05, 3.63) is 80.6 Å². The van der Waals surface area contributed by atoms with Gasteiger partial charge in [-0.1, -0.05) is 18.2 Å². The quantitative estimate of drug-likeness (QED) is 0.288. The molecule has 2 aromatic carbocycles. The lowest BCUT2D eigenvalue weighted by Crippen LogP contribution is -2.64. The van der Waals surface area contributed by atoms with Gasteiger partial charge in [0.1, 0.15) is 6.17 Å². The van der Waals surface area contributed by atoms with Gasteiger partial charge in [0.2, 0.25) is 18.0 Å². The summed E-state index contributed by atoms with van der Waals surface area (Å²) >= 11 is 1.38. The Balaban J connectivity index is 1.43. The molecule has 4 heterocycles. The number of hydrogen-bond donors (Lipinski definition) is 3. The number of halogens is 2. The van der Waals surface area contributed by atoms with E-state index in [9.17, 15) is 14.2 Å².